The Balaban J connectivity index is 1.91. The summed E-state index contributed by atoms with van der Waals surface area (Å²) in [7, 11) is -4.95. The topological polar surface area (TPSA) is 129 Å². The Morgan fingerprint density at radius 2 is 1.93 bits per heavy atom. The van der Waals surface area contributed by atoms with Crippen LogP contribution in [0.2, 0.25) is 0 Å². The summed E-state index contributed by atoms with van der Waals surface area (Å²) < 4.78 is 87.4. The smallest absolute Gasteiger partial charge is 0.353 e. The second-order valence-electron chi connectivity index (χ2n) is 6.11. The lowest BCUT2D eigenvalue weighted by atomic mass is 9.96. The zero-order valence-electron chi connectivity index (χ0n) is 14.8. The predicted octanol–water partition coefficient (Wildman–Crippen LogP) is 2.39. The van der Waals surface area contributed by atoms with Crippen LogP contribution in [0.1, 0.15) is 11.9 Å². The van der Waals surface area contributed by atoms with Crippen LogP contribution in [-0.4, -0.2) is 58.3 Å². The van der Waals surface area contributed by atoms with Crippen LogP contribution in [0.4, 0.5) is 13.2 Å². The number of alkyl halides is 3. The molecule has 2 aliphatic heterocycles. The van der Waals surface area contributed by atoms with Gasteiger partial charge in [0.1, 0.15) is 18.3 Å². The molecule has 10 nitrogen and oxygen atoms in total. The van der Waals surface area contributed by atoms with Crippen molar-refractivity contribution in [3.8, 4) is 0 Å². The van der Waals surface area contributed by atoms with Crippen LogP contribution in [0.15, 0.2) is 35.4 Å². The van der Waals surface area contributed by atoms with Crippen LogP contribution in [0.3, 0.4) is 0 Å². The predicted molar refractivity (Wildman–Crippen MR) is 88.5 cm³/mol. The van der Waals surface area contributed by atoms with Crippen molar-refractivity contribution in [2.75, 3.05) is 13.7 Å². The molecule has 0 aliphatic carbocycles. The number of benzene rings is 1. The second kappa shape index (κ2) is 8.44. The Kier molecular flexibility index (Phi) is 6.33. The first-order chi connectivity index (χ1) is 13.7. The third-order valence-electron chi connectivity index (χ3n) is 4.32. The minimum Gasteiger partial charge on any atom is -0.353 e. The quantitative estimate of drug-likeness (QED) is 0.226. The van der Waals surface area contributed by atoms with Gasteiger partial charge in [-0.15, -0.1) is 0 Å². The van der Waals surface area contributed by atoms with Crippen LogP contribution < -0.4 is 0 Å². The average molecular weight is 439 g/mol. The van der Waals surface area contributed by atoms with Gasteiger partial charge in [-0.2, -0.15) is 21.6 Å². The molecule has 2 fully saturated rings. The molecule has 0 unspecified atom stereocenters. The van der Waals surface area contributed by atoms with E-state index < -0.39 is 52.6 Å². The van der Waals surface area contributed by atoms with Crippen molar-refractivity contribution in [1.29, 1.82) is 0 Å². The van der Waals surface area contributed by atoms with Gasteiger partial charge in [-0.3, -0.25) is 4.18 Å². The van der Waals surface area contributed by atoms with Gasteiger partial charge in [-0.25, -0.2) is 0 Å². The van der Waals surface area contributed by atoms with E-state index >= 15 is 0 Å². The van der Waals surface area contributed by atoms with Crippen molar-refractivity contribution in [3.63, 3.8) is 0 Å². The Hall–Kier alpha value is -1.93. The van der Waals surface area contributed by atoms with E-state index in [0.29, 0.717) is 5.56 Å². The lowest BCUT2D eigenvalue weighted by molar-refractivity contribution is -0.335. The summed E-state index contributed by atoms with van der Waals surface area (Å²) in [6.07, 6.45) is -6.49. The molecule has 0 saturated carbocycles. The molecule has 0 aromatic heterocycles. The first-order valence-corrected chi connectivity index (χ1v) is 9.63. The highest BCUT2D eigenvalue weighted by molar-refractivity contribution is 7.87. The van der Waals surface area contributed by atoms with Crippen molar-refractivity contribution in [3.05, 3.63) is 46.3 Å². The summed E-state index contributed by atoms with van der Waals surface area (Å²) in [4.78, 5) is 2.60. The van der Waals surface area contributed by atoms with E-state index in [1.165, 1.54) is 0 Å². The Morgan fingerprint density at radius 1 is 1.24 bits per heavy atom. The van der Waals surface area contributed by atoms with Crippen molar-refractivity contribution < 1.29 is 44.7 Å². The molecule has 2 saturated heterocycles. The summed E-state index contributed by atoms with van der Waals surface area (Å²) in [5.74, 6) is 0. The van der Waals surface area contributed by atoms with Gasteiger partial charge < -0.3 is 18.9 Å². The number of azide groups is 1. The summed E-state index contributed by atoms with van der Waals surface area (Å²) in [6.45, 7) is -0.0692. The molecule has 29 heavy (non-hydrogen) atoms. The van der Waals surface area contributed by atoms with Crippen molar-refractivity contribution in [1.82, 2.24) is 0 Å². The van der Waals surface area contributed by atoms with Crippen molar-refractivity contribution in [2.45, 2.75) is 42.4 Å². The normalized spacial score (nSPS) is 32.8. The summed E-state index contributed by atoms with van der Waals surface area (Å²) >= 11 is 0. The van der Waals surface area contributed by atoms with Crippen molar-refractivity contribution in [2.24, 2.45) is 5.11 Å². The van der Waals surface area contributed by atoms with Gasteiger partial charge in [0.2, 0.25) is 0 Å². The van der Waals surface area contributed by atoms with E-state index in [-0.39, 0.29) is 6.61 Å². The van der Waals surface area contributed by atoms with E-state index in [4.69, 9.17) is 24.5 Å². The third kappa shape index (κ3) is 4.48. The molecule has 1 aromatic carbocycles. The number of ether oxygens (including phenoxy) is 4. The van der Waals surface area contributed by atoms with Gasteiger partial charge in [0.25, 0.3) is 0 Å². The van der Waals surface area contributed by atoms with Gasteiger partial charge in [0.15, 0.2) is 12.6 Å². The molecule has 0 spiro atoms. The zero-order chi connectivity index (χ0) is 21.2. The average Bonchev–Trinajstić information content (AvgIpc) is 2.68. The van der Waals surface area contributed by atoms with Crippen LogP contribution in [0.5, 0.6) is 0 Å². The fourth-order valence-corrected chi connectivity index (χ4v) is 3.64. The fraction of sp³-hybridized carbons (Fsp3) is 0.600. The number of fused-ring (bicyclic) bond motifs is 1. The molecule has 14 heteroatoms. The van der Waals surface area contributed by atoms with Crippen LogP contribution in [0.25, 0.3) is 10.4 Å². The highest BCUT2D eigenvalue weighted by Crippen LogP contribution is 2.38. The first kappa shape index (κ1) is 21.8. The largest absolute Gasteiger partial charge is 0.523 e. The highest BCUT2D eigenvalue weighted by Gasteiger charge is 2.56. The standard InChI is InChI=1S/C15H16F3N3O7S/c1-24-14-12(28-29(22,23)15(16,17)18)10(20-21-19)11-9(26-14)7-25-13(27-11)8-5-3-2-4-6-8/h2-6,9-14H,7H2,1H3/t9-,10-,11-,12-,13-,14+/m1/s1. The number of halogens is 3. The maximum atomic E-state index is 12.8. The van der Waals surface area contributed by atoms with Gasteiger partial charge in [0, 0.05) is 17.6 Å². The van der Waals surface area contributed by atoms with E-state index in [1.807, 2.05) is 0 Å². The lowest BCUT2D eigenvalue weighted by Gasteiger charge is -2.47. The van der Waals surface area contributed by atoms with Gasteiger partial charge in [-0.1, -0.05) is 35.4 Å². The molecule has 0 bridgehead atoms. The van der Waals surface area contributed by atoms with Crippen LogP contribution in [0, 0.1) is 0 Å². The first-order valence-electron chi connectivity index (χ1n) is 8.22. The Labute approximate surface area is 163 Å². The maximum Gasteiger partial charge on any atom is 0.523 e. The minimum absolute atomic E-state index is 0.0692. The summed E-state index contributed by atoms with van der Waals surface area (Å²) in [5, 5.41) is 3.43. The third-order valence-corrected chi connectivity index (χ3v) is 5.36. The van der Waals surface area contributed by atoms with E-state index in [0.717, 1.165) is 7.11 Å². The minimum atomic E-state index is -6.03. The number of methoxy groups -OCH3 is 1. The number of hydrogen-bond donors (Lipinski definition) is 0. The molecule has 1 aromatic rings. The lowest BCUT2D eigenvalue weighted by Crippen LogP contribution is -2.62. The molecule has 3 rings (SSSR count). The SMILES string of the molecule is CO[C@H]1O[C@@H]2CO[C@@H](c3ccccc3)O[C@H]2[C@@H](N=[N+]=[N-])[C@H]1OS(=O)(=O)C(F)(F)F. The molecule has 0 radical (unpaired) electrons. The van der Waals surface area contributed by atoms with Crippen molar-refractivity contribution >= 4 is 10.1 Å². The molecular weight excluding hydrogens is 423 g/mol. The summed E-state index contributed by atoms with van der Waals surface area (Å²) in [6, 6.07) is 7.08. The van der Waals surface area contributed by atoms with Gasteiger partial charge in [0.05, 0.1) is 12.6 Å². The fourth-order valence-electron chi connectivity index (χ4n) is 3.03. The number of hydrogen-bond acceptors (Lipinski definition) is 8. The zero-order valence-corrected chi connectivity index (χ0v) is 15.6. The van der Waals surface area contributed by atoms with Crippen LogP contribution in [-0.2, 0) is 33.2 Å². The monoisotopic (exact) mass is 439 g/mol. The molecule has 2 heterocycles. The molecule has 2 aliphatic rings. The maximum absolute atomic E-state index is 12.8. The molecule has 6 atom stereocenters. The van der Waals surface area contributed by atoms with Gasteiger partial charge >= 0.3 is 15.6 Å². The molecular formula is C15H16F3N3O7S. The molecule has 0 amide bonds. The summed E-state index contributed by atoms with van der Waals surface area (Å²) in [5.41, 5.74) is 3.80. The van der Waals surface area contributed by atoms with Crippen LogP contribution >= 0.6 is 0 Å². The Bertz CT molecular complexity index is 864. The molecule has 0 N–H and O–H groups in total. The molecule has 160 valence electrons. The number of nitrogens with zero attached hydrogens (tertiary/aromatic N) is 3. The van der Waals surface area contributed by atoms with E-state index in [9.17, 15) is 21.6 Å². The van der Waals surface area contributed by atoms with E-state index in [2.05, 4.69) is 14.2 Å². The van der Waals surface area contributed by atoms with Gasteiger partial charge in [-0.05, 0) is 5.53 Å². The van der Waals surface area contributed by atoms with E-state index in [1.54, 1.807) is 30.3 Å². The second-order valence-corrected chi connectivity index (χ2v) is 7.68. The highest BCUT2D eigenvalue weighted by atomic mass is 32.2. The number of rotatable bonds is 5. The Morgan fingerprint density at radius 3 is 2.52 bits per heavy atom.